The number of aromatic hydroxyl groups is 1. The normalized spacial score (nSPS) is 11.1. The van der Waals surface area contributed by atoms with E-state index in [4.69, 9.17) is 16.0 Å². The van der Waals surface area contributed by atoms with E-state index in [0.29, 0.717) is 5.02 Å². The molecule has 3 aromatic rings. The maximum absolute atomic E-state index is 12.5. The second-order valence-corrected chi connectivity index (χ2v) is 7.35. The van der Waals surface area contributed by atoms with Crippen molar-refractivity contribution in [2.75, 3.05) is 10.0 Å². The molecule has 0 spiro atoms. The van der Waals surface area contributed by atoms with Crippen molar-refractivity contribution in [3.8, 4) is 5.75 Å². The minimum atomic E-state index is -3.95. The molecule has 0 bridgehead atoms. The van der Waals surface area contributed by atoms with Gasteiger partial charge < -0.3 is 14.8 Å². The average Bonchev–Trinajstić information content (AvgIpc) is 3.11. The van der Waals surface area contributed by atoms with Gasteiger partial charge in [0.25, 0.3) is 15.9 Å². The second-order valence-electron chi connectivity index (χ2n) is 5.23. The Morgan fingerprint density at radius 2 is 1.88 bits per heavy atom. The summed E-state index contributed by atoms with van der Waals surface area (Å²) in [7, 11) is -3.95. The Labute approximate surface area is 154 Å². The number of phenolic OH excluding ortho intramolecular Hbond substituents is 1. The highest BCUT2D eigenvalue weighted by molar-refractivity contribution is 7.92. The first-order valence-electron chi connectivity index (χ1n) is 7.31. The zero-order chi connectivity index (χ0) is 18.7. The van der Waals surface area contributed by atoms with Gasteiger partial charge in [0.1, 0.15) is 5.75 Å². The summed E-state index contributed by atoms with van der Waals surface area (Å²) in [6, 6.07) is 12.7. The third kappa shape index (κ3) is 3.98. The van der Waals surface area contributed by atoms with Crippen molar-refractivity contribution in [3.63, 3.8) is 0 Å². The maximum atomic E-state index is 12.5. The van der Waals surface area contributed by atoms with E-state index < -0.39 is 15.9 Å². The van der Waals surface area contributed by atoms with Gasteiger partial charge in [0, 0.05) is 5.02 Å². The van der Waals surface area contributed by atoms with Crippen molar-refractivity contribution in [2.45, 2.75) is 4.90 Å². The summed E-state index contributed by atoms with van der Waals surface area (Å²) in [5.41, 5.74) is 0.215. The fraction of sp³-hybridized carbons (Fsp3) is 0. The van der Waals surface area contributed by atoms with E-state index in [1.165, 1.54) is 36.6 Å². The van der Waals surface area contributed by atoms with E-state index in [1.54, 1.807) is 18.2 Å². The van der Waals surface area contributed by atoms with Crippen LogP contribution in [-0.2, 0) is 10.0 Å². The van der Waals surface area contributed by atoms with Crippen LogP contribution in [0.5, 0.6) is 5.75 Å². The van der Waals surface area contributed by atoms with Crippen LogP contribution in [0.25, 0.3) is 0 Å². The first-order valence-corrected chi connectivity index (χ1v) is 9.17. The molecule has 3 rings (SSSR count). The van der Waals surface area contributed by atoms with E-state index in [9.17, 15) is 18.3 Å². The van der Waals surface area contributed by atoms with E-state index in [-0.39, 0.29) is 27.8 Å². The summed E-state index contributed by atoms with van der Waals surface area (Å²) in [6.07, 6.45) is 1.32. The number of phenols is 1. The third-order valence-electron chi connectivity index (χ3n) is 3.35. The highest BCUT2D eigenvalue weighted by Crippen LogP contribution is 2.28. The number of rotatable bonds is 5. The number of halogens is 1. The Morgan fingerprint density at radius 3 is 2.58 bits per heavy atom. The molecule has 0 aliphatic rings. The zero-order valence-corrected chi connectivity index (χ0v) is 14.7. The summed E-state index contributed by atoms with van der Waals surface area (Å²) in [4.78, 5) is 11.9. The van der Waals surface area contributed by atoms with Gasteiger partial charge in [-0.05, 0) is 48.5 Å². The molecule has 2 aromatic carbocycles. The number of carbonyl (C=O) groups is 1. The molecule has 26 heavy (non-hydrogen) atoms. The molecule has 3 N–H and O–H groups in total. The molecule has 0 saturated heterocycles. The van der Waals surface area contributed by atoms with Gasteiger partial charge in [-0.25, -0.2) is 8.42 Å². The van der Waals surface area contributed by atoms with Crippen molar-refractivity contribution in [1.82, 2.24) is 0 Å². The number of hydrogen-bond acceptors (Lipinski definition) is 5. The molecule has 0 aliphatic carbocycles. The molecule has 0 fully saturated rings. The zero-order valence-electron chi connectivity index (χ0n) is 13.1. The molecule has 134 valence electrons. The van der Waals surface area contributed by atoms with Crippen LogP contribution in [0, 0.1) is 0 Å². The van der Waals surface area contributed by atoms with E-state index in [0.717, 1.165) is 6.07 Å². The van der Waals surface area contributed by atoms with Crippen LogP contribution in [0.2, 0.25) is 5.02 Å². The van der Waals surface area contributed by atoms with Gasteiger partial charge >= 0.3 is 0 Å². The van der Waals surface area contributed by atoms with Crippen LogP contribution in [0.3, 0.4) is 0 Å². The lowest BCUT2D eigenvalue weighted by Gasteiger charge is -2.11. The summed E-state index contributed by atoms with van der Waals surface area (Å²) in [5.74, 6) is -0.885. The summed E-state index contributed by atoms with van der Waals surface area (Å²) in [6.45, 7) is 0. The number of furan rings is 1. The maximum Gasteiger partial charge on any atom is 0.291 e. The average molecular weight is 393 g/mol. The predicted molar refractivity (Wildman–Crippen MR) is 97.0 cm³/mol. The van der Waals surface area contributed by atoms with Crippen molar-refractivity contribution in [2.24, 2.45) is 0 Å². The monoisotopic (exact) mass is 392 g/mol. The first kappa shape index (κ1) is 17.8. The van der Waals surface area contributed by atoms with Gasteiger partial charge in [0.2, 0.25) is 0 Å². The molecule has 0 aliphatic heterocycles. The highest BCUT2D eigenvalue weighted by atomic mass is 35.5. The van der Waals surface area contributed by atoms with E-state index in [1.807, 2.05) is 0 Å². The minimum absolute atomic E-state index is 0.0229. The lowest BCUT2D eigenvalue weighted by Crippen LogP contribution is -2.15. The van der Waals surface area contributed by atoms with Crippen molar-refractivity contribution >= 4 is 38.9 Å². The third-order valence-corrected chi connectivity index (χ3v) is 4.96. The van der Waals surface area contributed by atoms with Gasteiger partial charge in [-0.15, -0.1) is 0 Å². The van der Waals surface area contributed by atoms with Crippen LogP contribution in [0.1, 0.15) is 10.6 Å². The number of amides is 1. The standard InChI is InChI=1S/C17H13ClN2O5S/c18-11-3-1-4-12(9-11)20-26(23,24)13-6-7-15(21)14(10-13)19-17(22)16-5-2-8-25-16/h1-10,20-21H,(H,19,22). The summed E-state index contributed by atoms with van der Waals surface area (Å²) in [5, 5.41) is 12.7. The first-order chi connectivity index (χ1) is 12.3. The number of anilines is 2. The topological polar surface area (TPSA) is 109 Å². The van der Waals surface area contributed by atoms with Gasteiger partial charge in [-0.3, -0.25) is 9.52 Å². The fourth-order valence-electron chi connectivity index (χ4n) is 2.14. The van der Waals surface area contributed by atoms with E-state index >= 15 is 0 Å². The van der Waals surface area contributed by atoms with Gasteiger partial charge in [0.15, 0.2) is 5.76 Å². The molecule has 1 aromatic heterocycles. The number of nitrogens with one attached hydrogen (secondary N) is 2. The van der Waals surface area contributed by atoms with Gasteiger partial charge in [-0.1, -0.05) is 17.7 Å². The molecule has 1 heterocycles. The Morgan fingerprint density at radius 1 is 1.08 bits per heavy atom. The largest absolute Gasteiger partial charge is 0.506 e. The number of sulfonamides is 1. The smallest absolute Gasteiger partial charge is 0.291 e. The van der Waals surface area contributed by atoms with Crippen molar-refractivity contribution in [3.05, 3.63) is 71.6 Å². The molecule has 7 nitrogen and oxygen atoms in total. The molecular weight excluding hydrogens is 380 g/mol. The molecular formula is C17H13ClN2O5S. The van der Waals surface area contributed by atoms with Crippen LogP contribution in [0.4, 0.5) is 11.4 Å². The molecule has 0 saturated carbocycles. The van der Waals surface area contributed by atoms with Crippen LogP contribution in [0.15, 0.2) is 70.2 Å². The highest BCUT2D eigenvalue weighted by Gasteiger charge is 2.18. The van der Waals surface area contributed by atoms with Crippen LogP contribution >= 0.6 is 11.6 Å². The number of carbonyl (C=O) groups excluding carboxylic acids is 1. The molecule has 0 unspecified atom stereocenters. The Hall–Kier alpha value is -2.97. The molecule has 9 heteroatoms. The summed E-state index contributed by atoms with van der Waals surface area (Å²) >= 11 is 5.85. The Bertz CT molecular complexity index is 1050. The SMILES string of the molecule is O=C(Nc1cc(S(=O)(=O)Nc2cccc(Cl)c2)ccc1O)c1ccco1. The van der Waals surface area contributed by atoms with Gasteiger partial charge in [0.05, 0.1) is 22.5 Å². The van der Waals surface area contributed by atoms with E-state index in [2.05, 4.69) is 10.0 Å². The Kier molecular flexibility index (Phi) is 4.88. The molecule has 0 atom stereocenters. The van der Waals surface area contributed by atoms with Gasteiger partial charge in [-0.2, -0.15) is 0 Å². The fourth-order valence-corrected chi connectivity index (χ4v) is 3.41. The lowest BCUT2D eigenvalue weighted by atomic mass is 10.3. The van der Waals surface area contributed by atoms with Crippen LogP contribution < -0.4 is 10.0 Å². The lowest BCUT2D eigenvalue weighted by molar-refractivity contribution is 0.0996. The quantitative estimate of drug-likeness (QED) is 0.574. The number of benzene rings is 2. The predicted octanol–water partition coefficient (Wildman–Crippen LogP) is 3.69. The van der Waals surface area contributed by atoms with Crippen molar-refractivity contribution in [1.29, 1.82) is 0 Å². The molecule has 0 radical (unpaired) electrons. The number of hydrogen-bond donors (Lipinski definition) is 3. The van der Waals surface area contributed by atoms with Crippen molar-refractivity contribution < 1.29 is 22.7 Å². The minimum Gasteiger partial charge on any atom is -0.506 e. The Balaban J connectivity index is 1.87. The van der Waals surface area contributed by atoms with Crippen LogP contribution in [-0.4, -0.2) is 19.4 Å². The summed E-state index contributed by atoms with van der Waals surface area (Å²) < 4.78 is 32.4. The molecule has 1 amide bonds. The second kappa shape index (κ2) is 7.11.